The molecule has 0 spiro atoms. The van der Waals surface area contributed by atoms with E-state index < -0.39 is 15.8 Å². The van der Waals surface area contributed by atoms with Gasteiger partial charge >= 0.3 is 0 Å². The van der Waals surface area contributed by atoms with Crippen molar-refractivity contribution in [3.05, 3.63) is 52.8 Å². The van der Waals surface area contributed by atoms with Gasteiger partial charge < -0.3 is 5.73 Å². The van der Waals surface area contributed by atoms with Crippen LogP contribution in [-0.4, -0.2) is 8.42 Å². The number of rotatable bonds is 3. The van der Waals surface area contributed by atoms with Crippen molar-refractivity contribution in [2.24, 2.45) is 0 Å². The predicted octanol–water partition coefficient (Wildman–Crippen LogP) is 3.17. The monoisotopic (exact) mass is 314 g/mol. The third-order valence-electron chi connectivity index (χ3n) is 2.68. The number of benzene rings is 2. The fourth-order valence-electron chi connectivity index (χ4n) is 1.68. The van der Waals surface area contributed by atoms with E-state index in [9.17, 15) is 12.8 Å². The van der Waals surface area contributed by atoms with Gasteiger partial charge in [-0.15, -0.1) is 0 Å². The molecular weight excluding hydrogens is 303 g/mol. The highest BCUT2D eigenvalue weighted by Gasteiger charge is 2.19. The molecule has 0 unspecified atom stereocenters. The molecule has 0 heterocycles. The van der Waals surface area contributed by atoms with Gasteiger partial charge in [-0.1, -0.05) is 17.7 Å². The van der Waals surface area contributed by atoms with E-state index in [0.717, 1.165) is 6.07 Å². The van der Waals surface area contributed by atoms with Crippen LogP contribution in [0.4, 0.5) is 15.8 Å². The molecule has 2 rings (SSSR count). The van der Waals surface area contributed by atoms with Gasteiger partial charge in [0.15, 0.2) is 0 Å². The van der Waals surface area contributed by atoms with E-state index in [1.165, 1.54) is 18.2 Å². The maximum atomic E-state index is 13.6. The van der Waals surface area contributed by atoms with Crippen molar-refractivity contribution >= 4 is 33.0 Å². The average Bonchev–Trinajstić information content (AvgIpc) is 2.35. The summed E-state index contributed by atoms with van der Waals surface area (Å²) >= 11 is 5.62. The van der Waals surface area contributed by atoms with Gasteiger partial charge in [0.2, 0.25) is 0 Å². The summed E-state index contributed by atoms with van der Waals surface area (Å²) in [7, 11) is -3.91. The Morgan fingerprint density at radius 3 is 2.55 bits per heavy atom. The van der Waals surface area contributed by atoms with Crippen LogP contribution in [0, 0.1) is 12.7 Å². The van der Waals surface area contributed by atoms with Gasteiger partial charge in [-0.25, -0.2) is 12.8 Å². The lowest BCUT2D eigenvalue weighted by molar-refractivity contribution is 0.598. The van der Waals surface area contributed by atoms with Crippen LogP contribution in [0.2, 0.25) is 5.02 Å². The van der Waals surface area contributed by atoms with Crippen molar-refractivity contribution in [2.75, 3.05) is 10.5 Å². The summed E-state index contributed by atoms with van der Waals surface area (Å²) in [5.41, 5.74) is 6.24. The second kappa shape index (κ2) is 5.30. The molecule has 0 amide bonds. The molecule has 0 fully saturated rings. The first-order valence-electron chi connectivity index (χ1n) is 5.63. The van der Waals surface area contributed by atoms with Crippen LogP contribution >= 0.6 is 11.6 Å². The minimum Gasteiger partial charge on any atom is -0.399 e. The van der Waals surface area contributed by atoms with Crippen LogP contribution in [0.1, 0.15) is 5.56 Å². The van der Waals surface area contributed by atoms with Crippen molar-refractivity contribution in [3.8, 4) is 0 Å². The molecule has 0 aliphatic carbocycles. The smallest absolute Gasteiger partial charge is 0.262 e. The molecule has 106 valence electrons. The molecule has 4 nitrogen and oxygen atoms in total. The molecular formula is C13H12ClFN2O2S. The zero-order valence-electron chi connectivity index (χ0n) is 10.5. The number of aryl methyl sites for hydroxylation is 1. The Bertz CT molecular complexity index is 763. The van der Waals surface area contributed by atoms with E-state index >= 15 is 0 Å². The molecule has 0 saturated heterocycles. The first kappa shape index (κ1) is 14.6. The number of sulfonamides is 1. The van der Waals surface area contributed by atoms with Crippen molar-refractivity contribution < 1.29 is 12.8 Å². The van der Waals surface area contributed by atoms with Crippen LogP contribution in [-0.2, 0) is 10.0 Å². The lowest BCUT2D eigenvalue weighted by atomic mass is 10.2. The van der Waals surface area contributed by atoms with Gasteiger partial charge in [-0.05, 0) is 42.8 Å². The second-order valence-corrected chi connectivity index (χ2v) is 6.34. The molecule has 20 heavy (non-hydrogen) atoms. The van der Waals surface area contributed by atoms with Crippen LogP contribution < -0.4 is 10.5 Å². The van der Waals surface area contributed by atoms with E-state index in [2.05, 4.69) is 4.72 Å². The molecule has 2 aromatic rings. The number of hydrogen-bond acceptors (Lipinski definition) is 3. The lowest BCUT2D eigenvalue weighted by Crippen LogP contribution is -2.15. The quantitative estimate of drug-likeness (QED) is 0.855. The first-order valence-corrected chi connectivity index (χ1v) is 7.50. The summed E-state index contributed by atoms with van der Waals surface area (Å²) in [4.78, 5) is 0.00634. The fraction of sp³-hybridized carbons (Fsp3) is 0.0769. The van der Waals surface area contributed by atoms with E-state index in [1.807, 2.05) is 0 Å². The van der Waals surface area contributed by atoms with Crippen molar-refractivity contribution in [2.45, 2.75) is 11.8 Å². The molecule has 3 N–H and O–H groups in total. The Morgan fingerprint density at radius 2 is 1.90 bits per heavy atom. The number of nitrogen functional groups attached to an aromatic ring is 1. The molecule has 0 bridgehead atoms. The van der Waals surface area contributed by atoms with E-state index in [-0.39, 0.29) is 15.6 Å². The molecule has 0 aliphatic heterocycles. The fourth-order valence-corrected chi connectivity index (χ4v) is 3.19. The highest BCUT2D eigenvalue weighted by Crippen LogP contribution is 2.24. The van der Waals surface area contributed by atoms with E-state index in [0.29, 0.717) is 11.3 Å². The third-order valence-corrected chi connectivity index (χ3v) is 4.42. The summed E-state index contributed by atoms with van der Waals surface area (Å²) in [6, 6.07) is 8.20. The molecule has 0 aromatic heterocycles. The Kier molecular flexibility index (Phi) is 3.87. The van der Waals surface area contributed by atoms with Gasteiger partial charge in [0.1, 0.15) is 5.82 Å². The number of hydrogen-bond donors (Lipinski definition) is 2. The van der Waals surface area contributed by atoms with Crippen LogP contribution in [0.5, 0.6) is 0 Å². The second-order valence-electron chi connectivity index (χ2n) is 4.25. The van der Waals surface area contributed by atoms with Gasteiger partial charge in [0.25, 0.3) is 10.0 Å². The average molecular weight is 315 g/mol. The van der Waals surface area contributed by atoms with Gasteiger partial charge in [0.05, 0.1) is 10.6 Å². The topological polar surface area (TPSA) is 72.2 Å². The largest absolute Gasteiger partial charge is 0.399 e. The van der Waals surface area contributed by atoms with Gasteiger partial charge in [-0.3, -0.25) is 4.72 Å². The summed E-state index contributed by atoms with van der Waals surface area (Å²) in [6.45, 7) is 1.63. The van der Waals surface area contributed by atoms with Crippen molar-refractivity contribution in [1.82, 2.24) is 0 Å². The summed E-state index contributed by atoms with van der Waals surface area (Å²) in [5.74, 6) is -0.748. The predicted molar refractivity (Wildman–Crippen MR) is 77.8 cm³/mol. The summed E-state index contributed by atoms with van der Waals surface area (Å²) in [6.07, 6.45) is 0. The number of anilines is 2. The minimum absolute atomic E-state index is 0.00634. The minimum atomic E-state index is -3.91. The highest BCUT2D eigenvalue weighted by atomic mass is 35.5. The standard InChI is InChI=1S/C13H12ClFN2O2S/c1-8-2-4-10(16)7-13(8)20(18,19)17-12-5-3-9(14)6-11(12)15/h2-7,17H,16H2,1H3. The van der Waals surface area contributed by atoms with Gasteiger partial charge in [0, 0.05) is 10.7 Å². The number of nitrogens with two attached hydrogens (primary N) is 1. The normalized spacial score (nSPS) is 11.3. The highest BCUT2D eigenvalue weighted by molar-refractivity contribution is 7.92. The summed E-state index contributed by atoms with van der Waals surface area (Å²) in [5, 5.41) is 0.186. The van der Waals surface area contributed by atoms with Crippen molar-refractivity contribution in [1.29, 1.82) is 0 Å². The lowest BCUT2D eigenvalue weighted by Gasteiger charge is -2.11. The van der Waals surface area contributed by atoms with E-state index in [1.54, 1.807) is 19.1 Å². The summed E-state index contributed by atoms with van der Waals surface area (Å²) < 4.78 is 40.3. The van der Waals surface area contributed by atoms with Crippen molar-refractivity contribution in [3.63, 3.8) is 0 Å². The molecule has 0 radical (unpaired) electrons. The zero-order chi connectivity index (χ0) is 14.9. The molecule has 0 saturated carbocycles. The Labute approximate surface area is 121 Å². The Balaban J connectivity index is 2.43. The third kappa shape index (κ3) is 3.02. The molecule has 2 aromatic carbocycles. The molecule has 7 heteroatoms. The number of halogens is 2. The Hall–Kier alpha value is -1.79. The first-order chi connectivity index (χ1) is 9.29. The van der Waals surface area contributed by atoms with Crippen LogP contribution in [0.3, 0.4) is 0 Å². The SMILES string of the molecule is Cc1ccc(N)cc1S(=O)(=O)Nc1ccc(Cl)cc1F. The molecule has 0 aliphatic rings. The van der Waals surface area contributed by atoms with Crippen LogP contribution in [0.25, 0.3) is 0 Å². The maximum Gasteiger partial charge on any atom is 0.262 e. The maximum absolute atomic E-state index is 13.6. The Morgan fingerprint density at radius 1 is 1.20 bits per heavy atom. The van der Waals surface area contributed by atoms with Gasteiger partial charge in [-0.2, -0.15) is 0 Å². The van der Waals surface area contributed by atoms with Crippen LogP contribution in [0.15, 0.2) is 41.3 Å². The molecule has 0 atom stereocenters. The number of nitrogens with one attached hydrogen (secondary N) is 1. The zero-order valence-corrected chi connectivity index (χ0v) is 12.1. The van der Waals surface area contributed by atoms with E-state index in [4.69, 9.17) is 17.3 Å².